The predicted molar refractivity (Wildman–Crippen MR) is 127 cm³/mol. The van der Waals surface area contributed by atoms with E-state index in [0.717, 1.165) is 36.1 Å². The molecule has 2 aromatic rings. The van der Waals surface area contributed by atoms with E-state index in [1.807, 2.05) is 54.5 Å². The lowest BCUT2D eigenvalue weighted by Crippen LogP contribution is -2.39. The molecule has 1 aromatic carbocycles. The summed E-state index contributed by atoms with van der Waals surface area (Å²) in [6.45, 7) is 7.67. The molecule has 2 heterocycles. The molecule has 6 nitrogen and oxygen atoms in total. The van der Waals surface area contributed by atoms with E-state index in [0.29, 0.717) is 6.54 Å². The average Bonchev–Trinajstić information content (AvgIpc) is 3.18. The van der Waals surface area contributed by atoms with E-state index in [9.17, 15) is 0 Å². The van der Waals surface area contributed by atoms with E-state index in [2.05, 4.69) is 32.5 Å². The first-order valence-electron chi connectivity index (χ1n) is 10.0. The molecule has 1 aromatic heterocycles. The summed E-state index contributed by atoms with van der Waals surface area (Å²) < 4.78 is 1.90. The largest absolute Gasteiger partial charge is 0.356 e. The van der Waals surface area contributed by atoms with Crippen LogP contribution in [0, 0.1) is 5.92 Å². The number of hydrogen-bond donors (Lipinski definition) is 2. The molecule has 28 heavy (non-hydrogen) atoms. The van der Waals surface area contributed by atoms with Crippen molar-refractivity contribution in [3.05, 3.63) is 48.3 Å². The first-order valence-corrected chi connectivity index (χ1v) is 10.0. The number of benzene rings is 1. The zero-order valence-electron chi connectivity index (χ0n) is 17.0. The molecule has 0 saturated carbocycles. The van der Waals surface area contributed by atoms with E-state index in [-0.39, 0.29) is 24.0 Å². The number of nitrogens with one attached hydrogen (secondary N) is 2. The Balaban J connectivity index is 0.00000280. The summed E-state index contributed by atoms with van der Waals surface area (Å²) in [5.41, 5.74) is 2.20. The number of rotatable bonds is 7. The lowest BCUT2D eigenvalue weighted by atomic mass is 9.99. The number of guanidine groups is 1. The van der Waals surface area contributed by atoms with Crippen molar-refractivity contribution in [2.24, 2.45) is 10.9 Å². The molecule has 1 fully saturated rings. The quantitative estimate of drug-likeness (QED) is 0.268. The van der Waals surface area contributed by atoms with Crippen LogP contribution in [0.4, 0.5) is 0 Å². The van der Waals surface area contributed by atoms with Crippen molar-refractivity contribution in [2.75, 3.05) is 33.2 Å². The molecule has 0 aliphatic carbocycles. The predicted octanol–water partition coefficient (Wildman–Crippen LogP) is 3.28. The van der Waals surface area contributed by atoms with Crippen molar-refractivity contribution in [3.63, 3.8) is 0 Å². The maximum atomic E-state index is 4.43. The first kappa shape index (κ1) is 22.7. The Bertz CT molecular complexity index is 707. The minimum atomic E-state index is 0. The van der Waals surface area contributed by atoms with Crippen molar-refractivity contribution in [1.29, 1.82) is 0 Å². The molecule has 3 rings (SSSR count). The summed E-state index contributed by atoms with van der Waals surface area (Å²) in [6.07, 6.45) is 7.76. The molecule has 0 unspecified atom stereocenters. The molecule has 154 valence electrons. The lowest BCUT2D eigenvalue weighted by molar-refractivity contribution is 0.191. The number of aromatic nitrogens is 2. The highest BCUT2D eigenvalue weighted by Crippen LogP contribution is 2.15. The second-order valence-electron chi connectivity index (χ2n) is 7.36. The van der Waals surface area contributed by atoms with E-state index in [1.165, 1.54) is 32.5 Å². The minimum absolute atomic E-state index is 0. The molecular weight excluding hydrogens is 463 g/mol. The maximum absolute atomic E-state index is 4.43. The zero-order chi connectivity index (χ0) is 18.9. The lowest BCUT2D eigenvalue weighted by Gasteiger charge is -2.30. The van der Waals surface area contributed by atoms with Crippen LogP contribution >= 0.6 is 24.0 Å². The second kappa shape index (κ2) is 12.1. The van der Waals surface area contributed by atoms with Crippen LogP contribution in [-0.4, -0.2) is 53.9 Å². The van der Waals surface area contributed by atoms with Gasteiger partial charge in [-0.25, -0.2) is 4.68 Å². The van der Waals surface area contributed by atoms with Crippen molar-refractivity contribution in [1.82, 2.24) is 25.3 Å². The SMILES string of the molecule is CN=C(NCCCN1CCC(C)CC1)NCc1cnn(-c2ccccc2)c1.I. The van der Waals surface area contributed by atoms with Gasteiger partial charge in [-0.3, -0.25) is 4.99 Å². The number of aliphatic imine (C=N–C) groups is 1. The number of piperidine rings is 1. The fraction of sp³-hybridized carbons (Fsp3) is 0.524. The number of nitrogens with zero attached hydrogens (tertiary/aromatic N) is 4. The van der Waals surface area contributed by atoms with Crippen molar-refractivity contribution < 1.29 is 0 Å². The van der Waals surface area contributed by atoms with Crippen LogP contribution in [0.2, 0.25) is 0 Å². The molecule has 2 N–H and O–H groups in total. The van der Waals surface area contributed by atoms with Gasteiger partial charge < -0.3 is 15.5 Å². The molecule has 0 radical (unpaired) electrons. The highest BCUT2D eigenvalue weighted by Gasteiger charge is 2.14. The van der Waals surface area contributed by atoms with Gasteiger partial charge in [0.05, 0.1) is 11.9 Å². The Kier molecular flexibility index (Phi) is 9.77. The molecule has 1 saturated heterocycles. The Hall–Kier alpha value is -1.61. The van der Waals surface area contributed by atoms with Crippen molar-refractivity contribution in [2.45, 2.75) is 32.7 Å². The molecule has 0 atom stereocenters. The average molecular weight is 496 g/mol. The molecular formula is C21H33IN6. The number of likely N-dealkylation sites (tertiary alicyclic amines) is 1. The first-order chi connectivity index (χ1) is 13.2. The minimum Gasteiger partial charge on any atom is -0.356 e. The van der Waals surface area contributed by atoms with E-state index in [1.54, 1.807) is 0 Å². The van der Waals surface area contributed by atoms with Gasteiger partial charge in [-0.05, 0) is 56.9 Å². The highest BCUT2D eigenvalue weighted by atomic mass is 127. The molecule has 0 amide bonds. The third kappa shape index (κ3) is 7.09. The maximum Gasteiger partial charge on any atom is 0.191 e. The Labute approximate surface area is 185 Å². The number of hydrogen-bond acceptors (Lipinski definition) is 3. The monoisotopic (exact) mass is 496 g/mol. The van der Waals surface area contributed by atoms with Gasteiger partial charge in [0.25, 0.3) is 0 Å². The van der Waals surface area contributed by atoms with Crippen LogP contribution in [0.1, 0.15) is 31.7 Å². The van der Waals surface area contributed by atoms with Gasteiger partial charge in [0, 0.05) is 31.9 Å². The standard InChI is InChI=1S/C21H32N6.HI/c1-18-9-13-26(14-10-18)12-6-11-23-21(22-2)24-15-19-16-25-27(17-19)20-7-4-3-5-8-20;/h3-5,7-8,16-18H,6,9-15H2,1-2H3,(H2,22,23,24);1H. The van der Waals surface area contributed by atoms with Crippen LogP contribution < -0.4 is 10.6 Å². The second-order valence-corrected chi connectivity index (χ2v) is 7.36. The van der Waals surface area contributed by atoms with Crippen LogP contribution in [0.25, 0.3) is 5.69 Å². The zero-order valence-corrected chi connectivity index (χ0v) is 19.3. The van der Waals surface area contributed by atoms with Gasteiger partial charge in [-0.1, -0.05) is 25.1 Å². The fourth-order valence-electron chi connectivity index (χ4n) is 3.37. The Morgan fingerprint density at radius 1 is 1.18 bits per heavy atom. The van der Waals surface area contributed by atoms with Gasteiger partial charge in [-0.2, -0.15) is 5.10 Å². The van der Waals surface area contributed by atoms with Gasteiger partial charge in [-0.15, -0.1) is 24.0 Å². The van der Waals surface area contributed by atoms with Crippen molar-refractivity contribution in [3.8, 4) is 5.69 Å². The fourth-order valence-corrected chi connectivity index (χ4v) is 3.37. The number of para-hydroxylation sites is 1. The third-order valence-electron chi connectivity index (χ3n) is 5.16. The molecule has 1 aliphatic heterocycles. The van der Waals surface area contributed by atoms with E-state index >= 15 is 0 Å². The van der Waals surface area contributed by atoms with Gasteiger partial charge in [0.15, 0.2) is 5.96 Å². The van der Waals surface area contributed by atoms with Crippen LogP contribution in [-0.2, 0) is 6.54 Å². The normalized spacial score (nSPS) is 15.9. The van der Waals surface area contributed by atoms with E-state index in [4.69, 9.17) is 0 Å². The van der Waals surface area contributed by atoms with Gasteiger partial charge in [0.2, 0.25) is 0 Å². The Morgan fingerprint density at radius 2 is 1.93 bits per heavy atom. The molecule has 1 aliphatic rings. The van der Waals surface area contributed by atoms with Crippen LogP contribution in [0.3, 0.4) is 0 Å². The third-order valence-corrected chi connectivity index (χ3v) is 5.16. The molecule has 0 bridgehead atoms. The van der Waals surface area contributed by atoms with Gasteiger partial charge in [0.1, 0.15) is 0 Å². The summed E-state index contributed by atoms with van der Waals surface area (Å²) in [5, 5.41) is 11.2. The smallest absolute Gasteiger partial charge is 0.191 e. The number of halogens is 1. The summed E-state index contributed by atoms with van der Waals surface area (Å²) in [7, 11) is 1.81. The van der Waals surface area contributed by atoms with Crippen molar-refractivity contribution >= 4 is 29.9 Å². The summed E-state index contributed by atoms with van der Waals surface area (Å²) in [5.74, 6) is 1.74. The summed E-state index contributed by atoms with van der Waals surface area (Å²) in [4.78, 5) is 6.90. The van der Waals surface area contributed by atoms with Crippen LogP contribution in [0.15, 0.2) is 47.7 Å². The summed E-state index contributed by atoms with van der Waals surface area (Å²) in [6, 6.07) is 10.1. The topological polar surface area (TPSA) is 57.5 Å². The highest BCUT2D eigenvalue weighted by molar-refractivity contribution is 14.0. The van der Waals surface area contributed by atoms with E-state index < -0.39 is 0 Å². The molecule has 0 spiro atoms. The van der Waals surface area contributed by atoms with Crippen LogP contribution in [0.5, 0.6) is 0 Å². The van der Waals surface area contributed by atoms with Gasteiger partial charge >= 0.3 is 0 Å². The Morgan fingerprint density at radius 3 is 2.64 bits per heavy atom. The summed E-state index contributed by atoms with van der Waals surface area (Å²) >= 11 is 0. The molecule has 7 heteroatoms.